The molecular weight excluding hydrogens is 248 g/mol. The molecule has 106 valence electrons. The van der Waals surface area contributed by atoms with Crippen molar-refractivity contribution in [2.24, 2.45) is 5.92 Å². The smallest absolute Gasteiger partial charge is 0.317 e. The molecule has 3 unspecified atom stereocenters. The topological polar surface area (TPSA) is 78.9 Å². The molecule has 0 bridgehead atoms. The Labute approximate surface area is 113 Å². The number of carboxylic acids is 1. The van der Waals surface area contributed by atoms with E-state index < -0.39 is 17.9 Å². The number of amides is 2. The van der Waals surface area contributed by atoms with Crippen LogP contribution >= 0.6 is 0 Å². The number of hydrogen-bond donors (Lipinski definition) is 2. The molecule has 0 aromatic heterocycles. The molecule has 19 heavy (non-hydrogen) atoms. The highest BCUT2D eigenvalue weighted by Gasteiger charge is 2.38. The zero-order valence-electron chi connectivity index (χ0n) is 11.3. The van der Waals surface area contributed by atoms with Gasteiger partial charge >= 0.3 is 12.0 Å². The quantitative estimate of drug-likeness (QED) is 0.713. The van der Waals surface area contributed by atoms with E-state index in [-0.39, 0.29) is 25.3 Å². The lowest BCUT2D eigenvalue weighted by Crippen LogP contribution is -2.50. The number of rotatable bonds is 5. The number of carbonyl (C=O) groups excluding carboxylic acids is 1. The molecule has 2 N–H and O–H groups in total. The normalized spacial score (nSPS) is 23.4. The number of urea groups is 1. The molecular formula is C13H20N2O4. The van der Waals surface area contributed by atoms with Crippen LogP contribution in [0, 0.1) is 18.3 Å². The number of carboxylic acid groups (broad SMARTS) is 1. The first-order valence-electron chi connectivity index (χ1n) is 6.28. The van der Waals surface area contributed by atoms with Crippen LogP contribution in [0.5, 0.6) is 0 Å². The molecule has 1 aliphatic heterocycles. The van der Waals surface area contributed by atoms with Gasteiger partial charge in [0.2, 0.25) is 0 Å². The summed E-state index contributed by atoms with van der Waals surface area (Å²) < 4.78 is 5.15. The van der Waals surface area contributed by atoms with Crippen molar-refractivity contribution in [1.82, 2.24) is 10.2 Å². The van der Waals surface area contributed by atoms with Crippen molar-refractivity contribution in [2.45, 2.75) is 31.8 Å². The van der Waals surface area contributed by atoms with Crippen LogP contribution in [0.25, 0.3) is 0 Å². The first-order chi connectivity index (χ1) is 9.01. The third-order valence-electron chi connectivity index (χ3n) is 3.37. The van der Waals surface area contributed by atoms with Crippen molar-refractivity contribution in [2.75, 3.05) is 20.3 Å². The van der Waals surface area contributed by atoms with Gasteiger partial charge in [-0.15, -0.1) is 12.3 Å². The highest BCUT2D eigenvalue weighted by molar-refractivity contribution is 5.77. The Balaban J connectivity index is 2.61. The van der Waals surface area contributed by atoms with Crippen molar-refractivity contribution in [3.63, 3.8) is 0 Å². The fraction of sp³-hybridized carbons (Fsp3) is 0.692. The number of nitrogens with zero attached hydrogens (tertiary/aromatic N) is 1. The Hall–Kier alpha value is -1.74. The number of likely N-dealkylation sites (N-methyl/N-ethyl adjacent to an activating group) is 1. The molecule has 0 aromatic carbocycles. The van der Waals surface area contributed by atoms with Gasteiger partial charge in [0.1, 0.15) is 5.92 Å². The van der Waals surface area contributed by atoms with Gasteiger partial charge in [-0.25, -0.2) is 4.79 Å². The largest absolute Gasteiger partial charge is 0.481 e. The van der Waals surface area contributed by atoms with E-state index in [2.05, 4.69) is 11.2 Å². The van der Waals surface area contributed by atoms with Crippen molar-refractivity contribution in [3.8, 4) is 12.3 Å². The van der Waals surface area contributed by atoms with Gasteiger partial charge in [-0.3, -0.25) is 4.79 Å². The molecule has 0 spiro atoms. The molecule has 6 heteroatoms. The standard InChI is InChI=1S/C13H20N2O4/c1-4-6-9(5-2)14-13(18)15(3)11-8-19-7-10(11)12(16)17/h1,9-11H,5-8H2,2-3H3,(H,14,18)(H,16,17). The number of carbonyl (C=O) groups is 2. The summed E-state index contributed by atoms with van der Waals surface area (Å²) in [7, 11) is 1.58. The van der Waals surface area contributed by atoms with Crippen LogP contribution in [0.4, 0.5) is 4.79 Å². The van der Waals surface area contributed by atoms with Crippen LogP contribution < -0.4 is 5.32 Å². The lowest BCUT2D eigenvalue weighted by Gasteiger charge is -2.28. The van der Waals surface area contributed by atoms with Crippen LogP contribution in [0.1, 0.15) is 19.8 Å². The molecule has 3 atom stereocenters. The van der Waals surface area contributed by atoms with E-state index in [4.69, 9.17) is 16.3 Å². The zero-order valence-corrected chi connectivity index (χ0v) is 11.3. The Kier molecular flexibility index (Phi) is 5.64. The van der Waals surface area contributed by atoms with Gasteiger partial charge in [0.25, 0.3) is 0 Å². The van der Waals surface area contributed by atoms with E-state index >= 15 is 0 Å². The summed E-state index contributed by atoms with van der Waals surface area (Å²) in [6, 6.07) is -0.852. The van der Waals surface area contributed by atoms with Gasteiger partial charge in [0.15, 0.2) is 0 Å². The second-order valence-electron chi connectivity index (χ2n) is 4.62. The SMILES string of the molecule is C#CCC(CC)NC(=O)N(C)C1COCC1C(=O)O. The van der Waals surface area contributed by atoms with E-state index in [1.807, 2.05) is 6.92 Å². The van der Waals surface area contributed by atoms with Gasteiger partial charge in [-0.2, -0.15) is 0 Å². The molecule has 6 nitrogen and oxygen atoms in total. The Morgan fingerprint density at radius 3 is 2.79 bits per heavy atom. The van der Waals surface area contributed by atoms with Crippen molar-refractivity contribution in [3.05, 3.63) is 0 Å². The maximum absolute atomic E-state index is 12.0. The Morgan fingerprint density at radius 2 is 2.26 bits per heavy atom. The molecule has 1 fully saturated rings. The van der Waals surface area contributed by atoms with Crippen LogP contribution in [0.2, 0.25) is 0 Å². The average molecular weight is 268 g/mol. The predicted octanol–water partition coefficient (Wildman–Crippen LogP) is 0.529. The number of aliphatic carboxylic acids is 1. The fourth-order valence-corrected chi connectivity index (χ4v) is 2.03. The minimum atomic E-state index is -0.946. The maximum Gasteiger partial charge on any atom is 0.317 e. The maximum atomic E-state index is 12.0. The highest BCUT2D eigenvalue weighted by atomic mass is 16.5. The van der Waals surface area contributed by atoms with Gasteiger partial charge in [0, 0.05) is 19.5 Å². The molecule has 1 aliphatic rings. The third kappa shape index (κ3) is 3.86. The number of ether oxygens (including phenoxy) is 1. The summed E-state index contributed by atoms with van der Waals surface area (Å²) in [6.07, 6.45) is 6.42. The van der Waals surface area contributed by atoms with E-state index in [9.17, 15) is 9.59 Å². The van der Waals surface area contributed by atoms with Gasteiger partial charge < -0.3 is 20.1 Å². The summed E-state index contributed by atoms with van der Waals surface area (Å²) in [5.41, 5.74) is 0. The molecule has 0 aromatic rings. The lowest BCUT2D eigenvalue weighted by atomic mass is 10.0. The zero-order chi connectivity index (χ0) is 14.4. The minimum absolute atomic E-state index is 0.0921. The minimum Gasteiger partial charge on any atom is -0.481 e. The third-order valence-corrected chi connectivity index (χ3v) is 3.37. The highest BCUT2D eigenvalue weighted by Crippen LogP contribution is 2.19. The summed E-state index contributed by atoms with van der Waals surface area (Å²) in [4.78, 5) is 24.5. The van der Waals surface area contributed by atoms with Crippen LogP contribution in [-0.2, 0) is 9.53 Å². The average Bonchev–Trinajstić information content (AvgIpc) is 2.86. The van der Waals surface area contributed by atoms with Crippen molar-refractivity contribution >= 4 is 12.0 Å². The monoisotopic (exact) mass is 268 g/mol. The number of hydrogen-bond acceptors (Lipinski definition) is 3. The van der Waals surface area contributed by atoms with Crippen LogP contribution in [0.15, 0.2) is 0 Å². The number of terminal acetylenes is 1. The van der Waals surface area contributed by atoms with E-state index in [1.54, 1.807) is 7.05 Å². The Bertz CT molecular complexity index is 377. The van der Waals surface area contributed by atoms with Crippen LogP contribution in [-0.4, -0.2) is 54.4 Å². The summed E-state index contributed by atoms with van der Waals surface area (Å²) >= 11 is 0. The first-order valence-corrected chi connectivity index (χ1v) is 6.28. The first kappa shape index (κ1) is 15.3. The predicted molar refractivity (Wildman–Crippen MR) is 69.6 cm³/mol. The van der Waals surface area contributed by atoms with E-state index in [1.165, 1.54) is 4.90 Å². The molecule has 1 saturated heterocycles. The lowest BCUT2D eigenvalue weighted by molar-refractivity contribution is -0.142. The second-order valence-corrected chi connectivity index (χ2v) is 4.62. The Morgan fingerprint density at radius 1 is 1.58 bits per heavy atom. The summed E-state index contributed by atoms with van der Waals surface area (Å²) in [5.74, 6) is 0.884. The van der Waals surface area contributed by atoms with Crippen molar-refractivity contribution < 1.29 is 19.4 Å². The summed E-state index contributed by atoms with van der Waals surface area (Å²) in [5, 5.41) is 11.9. The van der Waals surface area contributed by atoms with Gasteiger partial charge in [-0.05, 0) is 6.42 Å². The molecule has 0 saturated carbocycles. The van der Waals surface area contributed by atoms with Gasteiger partial charge in [-0.1, -0.05) is 6.92 Å². The molecule has 0 aliphatic carbocycles. The van der Waals surface area contributed by atoms with E-state index in [0.717, 1.165) is 6.42 Å². The van der Waals surface area contributed by atoms with Gasteiger partial charge in [0.05, 0.1) is 19.3 Å². The number of nitrogens with one attached hydrogen (secondary N) is 1. The molecule has 1 heterocycles. The molecule has 2 amide bonds. The molecule has 1 rings (SSSR count). The summed E-state index contributed by atoms with van der Waals surface area (Å²) in [6.45, 7) is 2.31. The van der Waals surface area contributed by atoms with E-state index in [0.29, 0.717) is 6.42 Å². The van der Waals surface area contributed by atoms with Crippen LogP contribution in [0.3, 0.4) is 0 Å². The van der Waals surface area contributed by atoms with Crippen molar-refractivity contribution in [1.29, 1.82) is 0 Å². The fourth-order valence-electron chi connectivity index (χ4n) is 2.03. The molecule has 0 radical (unpaired) electrons. The second kappa shape index (κ2) is 7.00.